The van der Waals surface area contributed by atoms with Crippen LogP contribution in [0.25, 0.3) is 0 Å². The lowest BCUT2D eigenvalue weighted by Gasteiger charge is -2.39. The van der Waals surface area contributed by atoms with E-state index in [1.165, 1.54) is 23.7 Å². The highest BCUT2D eigenvalue weighted by atomic mass is 79.9. The van der Waals surface area contributed by atoms with E-state index in [2.05, 4.69) is 40.0 Å². The second kappa shape index (κ2) is 3.97. The topological polar surface area (TPSA) is 12.0 Å². The number of nitrogens with one attached hydrogen (secondary N) is 1. The molecule has 1 aliphatic heterocycles. The standard InChI is InChI=1S/C11H16BrN/c1-2-8-5-6-13-11-4-3-9(12)7-10(8)11/h2-3,8,10-11,13H,1,4-7H2. The smallest absolute Gasteiger partial charge is 0.0139 e. The number of piperidine rings is 1. The molecule has 1 N–H and O–H groups in total. The van der Waals surface area contributed by atoms with Crippen molar-refractivity contribution in [2.45, 2.75) is 25.3 Å². The summed E-state index contributed by atoms with van der Waals surface area (Å²) in [4.78, 5) is 0. The molecule has 0 amide bonds. The predicted octanol–water partition coefficient (Wildman–Crippen LogP) is 2.84. The average Bonchev–Trinajstić information content (AvgIpc) is 2.17. The summed E-state index contributed by atoms with van der Waals surface area (Å²) >= 11 is 3.61. The van der Waals surface area contributed by atoms with Gasteiger partial charge < -0.3 is 5.32 Å². The van der Waals surface area contributed by atoms with Gasteiger partial charge in [-0.1, -0.05) is 28.1 Å². The minimum absolute atomic E-state index is 0.693. The SMILES string of the molecule is C=CC1CCNC2CC=C(Br)CC12. The fourth-order valence-corrected chi connectivity index (χ4v) is 3.07. The zero-order valence-corrected chi connectivity index (χ0v) is 9.39. The van der Waals surface area contributed by atoms with Crippen molar-refractivity contribution in [3.63, 3.8) is 0 Å². The van der Waals surface area contributed by atoms with Gasteiger partial charge in [-0.15, -0.1) is 6.58 Å². The van der Waals surface area contributed by atoms with Gasteiger partial charge in [-0.25, -0.2) is 0 Å². The zero-order chi connectivity index (χ0) is 9.26. The molecule has 0 spiro atoms. The van der Waals surface area contributed by atoms with E-state index in [9.17, 15) is 0 Å². The number of fused-ring (bicyclic) bond motifs is 1. The van der Waals surface area contributed by atoms with E-state index in [0.29, 0.717) is 12.0 Å². The van der Waals surface area contributed by atoms with E-state index in [4.69, 9.17) is 0 Å². The van der Waals surface area contributed by atoms with Gasteiger partial charge in [-0.3, -0.25) is 0 Å². The van der Waals surface area contributed by atoms with Gasteiger partial charge in [-0.05, 0) is 42.1 Å². The Morgan fingerprint density at radius 1 is 1.62 bits per heavy atom. The maximum atomic E-state index is 3.94. The summed E-state index contributed by atoms with van der Waals surface area (Å²) in [5.41, 5.74) is 0. The van der Waals surface area contributed by atoms with E-state index in [1.807, 2.05) is 0 Å². The Hall–Kier alpha value is -0.0800. The van der Waals surface area contributed by atoms with Crippen LogP contribution < -0.4 is 5.32 Å². The first-order chi connectivity index (χ1) is 6.31. The lowest BCUT2D eigenvalue weighted by molar-refractivity contribution is 0.218. The average molecular weight is 242 g/mol. The van der Waals surface area contributed by atoms with E-state index in [-0.39, 0.29) is 0 Å². The molecule has 1 saturated heterocycles. The van der Waals surface area contributed by atoms with Crippen LogP contribution in [-0.4, -0.2) is 12.6 Å². The Labute approximate surface area is 88.4 Å². The third-order valence-corrected chi connectivity index (χ3v) is 3.93. The molecule has 1 heterocycles. The van der Waals surface area contributed by atoms with Gasteiger partial charge >= 0.3 is 0 Å². The summed E-state index contributed by atoms with van der Waals surface area (Å²) in [6.45, 7) is 5.09. The Morgan fingerprint density at radius 3 is 3.23 bits per heavy atom. The van der Waals surface area contributed by atoms with Gasteiger partial charge in [0, 0.05) is 6.04 Å². The van der Waals surface area contributed by atoms with Crippen molar-refractivity contribution in [3.8, 4) is 0 Å². The number of rotatable bonds is 1. The molecule has 0 saturated carbocycles. The van der Waals surface area contributed by atoms with Crippen LogP contribution in [0.5, 0.6) is 0 Å². The first kappa shape index (κ1) is 9.47. The lowest BCUT2D eigenvalue weighted by Crippen LogP contribution is -2.46. The molecule has 1 nitrogen and oxygen atoms in total. The number of hydrogen-bond donors (Lipinski definition) is 1. The summed E-state index contributed by atoms with van der Waals surface area (Å²) in [7, 11) is 0. The number of allylic oxidation sites excluding steroid dienone is 2. The van der Waals surface area contributed by atoms with Crippen molar-refractivity contribution in [2.75, 3.05) is 6.54 Å². The van der Waals surface area contributed by atoms with E-state index < -0.39 is 0 Å². The molecule has 13 heavy (non-hydrogen) atoms. The molecule has 2 heteroatoms. The Bertz CT molecular complexity index is 234. The fraction of sp³-hybridized carbons (Fsp3) is 0.636. The third-order valence-electron chi connectivity index (χ3n) is 3.28. The van der Waals surface area contributed by atoms with E-state index >= 15 is 0 Å². The molecule has 0 radical (unpaired) electrons. The van der Waals surface area contributed by atoms with Gasteiger partial charge in [0.2, 0.25) is 0 Å². The molecule has 2 aliphatic rings. The Balaban J connectivity index is 2.12. The summed E-state index contributed by atoms with van der Waals surface area (Å²) in [5.74, 6) is 1.48. The van der Waals surface area contributed by atoms with Gasteiger partial charge in [0.15, 0.2) is 0 Å². The summed E-state index contributed by atoms with van der Waals surface area (Å²) < 4.78 is 1.38. The highest BCUT2D eigenvalue weighted by Crippen LogP contribution is 2.37. The summed E-state index contributed by atoms with van der Waals surface area (Å²) in [5, 5.41) is 3.59. The third kappa shape index (κ3) is 1.89. The molecule has 1 fully saturated rings. The second-order valence-corrected chi connectivity index (χ2v) is 5.02. The molecule has 0 aromatic carbocycles. The molecule has 0 aromatic heterocycles. The van der Waals surface area contributed by atoms with Crippen molar-refractivity contribution in [1.82, 2.24) is 5.32 Å². The molecular weight excluding hydrogens is 226 g/mol. The van der Waals surface area contributed by atoms with Crippen LogP contribution in [0.15, 0.2) is 23.2 Å². The number of hydrogen-bond acceptors (Lipinski definition) is 1. The van der Waals surface area contributed by atoms with Crippen molar-refractivity contribution >= 4 is 15.9 Å². The minimum atomic E-state index is 0.693. The molecule has 1 aliphatic carbocycles. The van der Waals surface area contributed by atoms with Gasteiger partial charge in [0.25, 0.3) is 0 Å². The van der Waals surface area contributed by atoms with Gasteiger partial charge in [0.1, 0.15) is 0 Å². The highest BCUT2D eigenvalue weighted by Gasteiger charge is 2.32. The molecule has 0 aromatic rings. The lowest BCUT2D eigenvalue weighted by atomic mass is 9.75. The van der Waals surface area contributed by atoms with E-state index in [1.54, 1.807) is 0 Å². The summed E-state index contributed by atoms with van der Waals surface area (Å²) in [6, 6.07) is 0.693. The van der Waals surface area contributed by atoms with Crippen LogP contribution in [0.4, 0.5) is 0 Å². The van der Waals surface area contributed by atoms with Gasteiger partial charge in [-0.2, -0.15) is 0 Å². The highest BCUT2D eigenvalue weighted by molar-refractivity contribution is 9.11. The minimum Gasteiger partial charge on any atom is -0.313 e. The van der Waals surface area contributed by atoms with Crippen molar-refractivity contribution < 1.29 is 0 Å². The van der Waals surface area contributed by atoms with Crippen LogP contribution in [0, 0.1) is 11.8 Å². The largest absolute Gasteiger partial charge is 0.313 e. The fourth-order valence-electron chi connectivity index (χ4n) is 2.51. The molecule has 3 atom stereocenters. The second-order valence-electron chi connectivity index (χ2n) is 4.00. The first-order valence-electron chi connectivity index (χ1n) is 5.01. The van der Waals surface area contributed by atoms with E-state index in [0.717, 1.165) is 12.5 Å². The zero-order valence-electron chi connectivity index (χ0n) is 7.80. The van der Waals surface area contributed by atoms with Crippen LogP contribution in [0.2, 0.25) is 0 Å². The number of halogens is 1. The van der Waals surface area contributed by atoms with Crippen molar-refractivity contribution in [2.24, 2.45) is 11.8 Å². The Morgan fingerprint density at radius 2 is 2.46 bits per heavy atom. The normalized spacial score (nSPS) is 39.2. The van der Waals surface area contributed by atoms with Crippen LogP contribution >= 0.6 is 15.9 Å². The first-order valence-corrected chi connectivity index (χ1v) is 5.81. The van der Waals surface area contributed by atoms with Gasteiger partial charge in [0.05, 0.1) is 0 Å². The van der Waals surface area contributed by atoms with Crippen LogP contribution in [0.1, 0.15) is 19.3 Å². The predicted molar refractivity (Wildman–Crippen MR) is 59.8 cm³/mol. The quantitative estimate of drug-likeness (QED) is 0.697. The van der Waals surface area contributed by atoms with Crippen molar-refractivity contribution in [1.29, 1.82) is 0 Å². The molecular formula is C11H16BrN. The van der Waals surface area contributed by atoms with Crippen LogP contribution in [0.3, 0.4) is 0 Å². The van der Waals surface area contributed by atoms with Crippen LogP contribution in [-0.2, 0) is 0 Å². The maximum Gasteiger partial charge on any atom is 0.0139 e. The van der Waals surface area contributed by atoms with Crippen molar-refractivity contribution in [3.05, 3.63) is 23.2 Å². The maximum absolute atomic E-state index is 3.94. The molecule has 72 valence electrons. The monoisotopic (exact) mass is 241 g/mol. The molecule has 0 bridgehead atoms. The Kier molecular flexibility index (Phi) is 2.89. The molecule has 3 unspecified atom stereocenters. The molecule has 2 rings (SSSR count). The summed E-state index contributed by atoms with van der Waals surface area (Å²) in [6.07, 6.45) is 8.07.